The Balaban J connectivity index is 2.23. The van der Waals surface area contributed by atoms with E-state index in [4.69, 9.17) is 0 Å². The molecule has 1 rings (SSSR count). The van der Waals surface area contributed by atoms with Crippen LogP contribution in [0.25, 0.3) is 0 Å². The molecule has 0 aromatic heterocycles. The van der Waals surface area contributed by atoms with E-state index < -0.39 is 0 Å². The summed E-state index contributed by atoms with van der Waals surface area (Å²) in [4.78, 5) is 0. The molecule has 3 atom stereocenters. The lowest BCUT2D eigenvalue weighted by Gasteiger charge is -2.33. The Bertz CT molecular complexity index is 139. The van der Waals surface area contributed by atoms with Gasteiger partial charge in [-0.25, -0.2) is 0 Å². The summed E-state index contributed by atoms with van der Waals surface area (Å²) in [5.74, 6) is 3.11. The summed E-state index contributed by atoms with van der Waals surface area (Å²) in [6.45, 7) is 7.12. The molecular formula is C14H28. The van der Waals surface area contributed by atoms with E-state index in [2.05, 4.69) is 20.8 Å². The standard InChI is InChI=1S/C14H28/c1-4-6-7-8-14-10-12(3)9-13(5-2)11-14/h12-14H,4-11H2,1-3H3. The molecule has 0 heterocycles. The molecule has 0 saturated heterocycles. The first-order chi connectivity index (χ1) is 6.76. The summed E-state index contributed by atoms with van der Waals surface area (Å²) >= 11 is 0. The van der Waals surface area contributed by atoms with Crippen LogP contribution in [0.4, 0.5) is 0 Å². The molecule has 1 aliphatic carbocycles. The molecule has 14 heavy (non-hydrogen) atoms. The zero-order valence-electron chi connectivity index (χ0n) is 10.4. The normalized spacial score (nSPS) is 33.2. The smallest absolute Gasteiger partial charge is 0.0409 e. The molecule has 0 aliphatic heterocycles. The van der Waals surface area contributed by atoms with Crippen LogP contribution in [-0.4, -0.2) is 0 Å². The zero-order chi connectivity index (χ0) is 10.4. The monoisotopic (exact) mass is 196 g/mol. The minimum absolute atomic E-state index is 1.00. The summed E-state index contributed by atoms with van der Waals surface area (Å²) in [6.07, 6.45) is 11.8. The molecular weight excluding hydrogens is 168 g/mol. The van der Waals surface area contributed by atoms with Gasteiger partial charge < -0.3 is 0 Å². The predicted molar refractivity (Wildman–Crippen MR) is 64.4 cm³/mol. The first kappa shape index (κ1) is 12.1. The Morgan fingerprint density at radius 3 is 2.29 bits per heavy atom. The fourth-order valence-corrected chi connectivity index (χ4v) is 3.15. The molecule has 0 aromatic carbocycles. The van der Waals surface area contributed by atoms with Gasteiger partial charge in [-0.2, -0.15) is 0 Å². The lowest BCUT2D eigenvalue weighted by Crippen LogP contribution is -2.20. The van der Waals surface area contributed by atoms with Gasteiger partial charge in [0.25, 0.3) is 0 Å². The molecule has 1 saturated carbocycles. The Hall–Kier alpha value is 0. The third-order valence-electron chi connectivity index (χ3n) is 3.93. The van der Waals surface area contributed by atoms with Crippen molar-refractivity contribution < 1.29 is 0 Å². The summed E-state index contributed by atoms with van der Waals surface area (Å²) in [5.41, 5.74) is 0. The minimum atomic E-state index is 1.00. The van der Waals surface area contributed by atoms with Crippen LogP contribution < -0.4 is 0 Å². The van der Waals surface area contributed by atoms with Crippen molar-refractivity contribution in [3.8, 4) is 0 Å². The van der Waals surface area contributed by atoms with Crippen molar-refractivity contribution >= 4 is 0 Å². The Morgan fingerprint density at radius 2 is 1.64 bits per heavy atom. The first-order valence-electron chi connectivity index (χ1n) is 6.76. The van der Waals surface area contributed by atoms with E-state index >= 15 is 0 Å². The number of rotatable bonds is 5. The Kier molecular flexibility index (Phi) is 5.59. The zero-order valence-corrected chi connectivity index (χ0v) is 10.4. The van der Waals surface area contributed by atoms with Crippen molar-refractivity contribution in [3.63, 3.8) is 0 Å². The second-order valence-electron chi connectivity index (χ2n) is 5.45. The van der Waals surface area contributed by atoms with Gasteiger partial charge in [0.1, 0.15) is 0 Å². The van der Waals surface area contributed by atoms with E-state index in [-0.39, 0.29) is 0 Å². The highest BCUT2D eigenvalue weighted by Gasteiger charge is 2.24. The van der Waals surface area contributed by atoms with E-state index in [0.29, 0.717) is 0 Å². The van der Waals surface area contributed by atoms with E-state index in [0.717, 1.165) is 17.8 Å². The van der Waals surface area contributed by atoms with Crippen LogP contribution in [0.2, 0.25) is 0 Å². The van der Waals surface area contributed by atoms with Crippen LogP contribution in [-0.2, 0) is 0 Å². The van der Waals surface area contributed by atoms with E-state index in [1.165, 1.54) is 51.4 Å². The highest BCUT2D eigenvalue weighted by atomic mass is 14.3. The van der Waals surface area contributed by atoms with Crippen LogP contribution >= 0.6 is 0 Å². The fourth-order valence-electron chi connectivity index (χ4n) is 3.15. The first-order valence-corrected chi connectivity index (χ1v) is 6.76. The van der Waals surface area contributed by atoms with Crippen molar-refractivity contribution in [2.24, 2.45) is 17.8 Å². The van der Waals surface area contributed by atoms with Gasteiger partial charge in [0, 0.05) is 0 Å². The maximum Gasteiger partial charge on any atom is -0.0409 e. The molecule has 0 heteroatoms. The van der Waals surface area contributed by atoms with Gasteiger partial charge in [0.2, 0.25) is 0 Å². The molecule has 1 aliphatic rings. The summed E-state index contributed by atoms with van der Waals surface area (Å²) in [6, 6.07) is 0. The summed E-state index contributed by atoms with van der Waals surface area (Å²) < 4.78 is 0. The van der Waals surface area contributed by atoms with E-state index in [9.17, 15) is 0 Å². The largest absolute Gasteiger partial charge is 0.0654 e. The van der Waals surface area contributed by atoms with E-state index in [1.807, 2.05) is 0 Å². The Morgan fingerprint density at radius 1 is 0.929 bits per heavy atom. The average molecular weight is 196 g/mol. The molecule has 0 radical (unpaired) electrons. The maximum atomic E-state index is 2.45. The molecule has 0 spiro atoms. The Labute approximate surface area is 90.5 Å². The van der Waals surface area contributed by atoms with Crippen molar-refractivity contribution in [2.75, 3.05) is 0 Å². The molecule has 0 bridgehead atoms. The number of unbranched alkanes of at least 4 members (excludes halogenated alkanes) is 2. The number of hydrogen-bond donors (Lipinski definition) is 0. The summed E-state index contributed by atoms with van der Waals surface area (Å²) in [5, 5.41) is 0. The predicted octanol–water partition coefficient (Wildman–Crippen LogP) is 5.03. The van der Waals surface area contributed by atoms with Crippen LogP contribution in [0.1, 0.15) is 72.1 Å². The van der Waals surface area contributed by atoms with Crippen LogP contribution in [0.3, 0.4) is 0 Å². The third kappa shape index (κ3) is 4.02. The second-order valence-corrected chi connectivity index (χ2v) is 5.45. The van der Waals surface area contributed by atoms with E-state index in [1.54, 1.807) is 0 Å². The highest BCUT2D eigenvalue weighted by Crippen LogP contribution is 2.37. The van der Waals surface area contributed by atoms with Crippen molar-refractivity contribution in [1.29, 1.82) is 0 Å². The second kappa shape index (κ2) is 6.48. The van der Waals surface area contributed by atoms with Crippen molar-refractivity contribution in [3.05, 3.63) is 0 Å². The minimum Gasteiger partial charge on any atom is -0.0654 e. The van der Waals surface area contributed by atoms with Gasteiger partial charge in [-0.3, -0.25) is 0 Å². The van der Waals surface area contributed by atoms with Gasteiger partial charge in [0.15, 0.2) is 0 Å². The van der Waals surface area contributed by atoms with Crippen molar-refractivity contribution in [2.45, 2.75) is 72.1 Å². The average Bonchev–Trinajstić information content (AvgIpc) is 2.17. The molecule has 1 fully saturated rings. The van der Waals surface area contributed by atoms with Crippen LogP contribution in [0.5, 0.6) is 0 Å². The molecule has 0 nitrogen and oxygen atoms in total. The van der Waals surface area contributed by atoms with Gasteiger partial charge in [-0.1, -0.05) is 52.9 Å². The molecule has 0 aromatic rings. The van der Waals surface area contributed by atoms with Gasteiger partial charge in [0.05, 0.1) is 0 Å². The van der Waals surface area contributed by atoms with Crippen LogP contribution in [0.15, 0.2) is 0 Å². The molecule has 0 N–H and O–H groups in total. The highest BCUT2D eigenvalue weighted by molar-refractivity contribution is 4.76. The molecule has 84 valence electrons. The van der Waals surface area contributed by atoms with Gasteiger partial charge in [-0.05, 0) is 37.0 Å². The third-order valence-corrected chi connectivity index (χ3v) is 3.93. The van der Waals surface area contributed by atoms with Crippen LogP contribution in [0, 0.1) is 17.8 Å². The molecule has 3 unspecified atom stereocenters. The SMILES string of the molecule is CCCCCC1CC(C)CC(CC)C1. The maximum absolute atomic E-state index is 2.45. The molecule has 0 amide bonds. The number of hydrogen-bond acceptors (Lipinski definition) is 0. The fraction of sp³-hybridized carbons (Fsp3) is 1.00. The summed E-state index contributed by atoms with van der Waals surface area (Å²) in [7, 11) is 0. The quantitative estimate of drug-likeness (QED) is 0.541. The lowest BCUT2D eigenvalue weighted by atomic mass is 9.73. The van der Waals surface area contributed by atoms with Crippen molar-refractivity contribution in [1.82, 2.24) is 0 Å². The van der Waals surface area contributed by atoms with Gasteiger partial charge >= 0.3 is 0 Å². The lowest BCUT2D eigenvalue weighted by molar-refractivity contribution is 0.191. The topological polar surface area (TPSA) is 0 Å². The van der Waals surface area contributed by atoms with Gasteiger partial charge in [-0.15, -0.1) is 0 Å².